The lowest BCUT2D eigenvalue weighted by Crippen LogP contribution is -2.20. The fourth-order valence-corrected chi connectivity index (χ4v) is 3.37. The van der Waals surface area contributed by atoms with E-state index in [0.717, 1.165) is 29.8 Å². The van der Waals surface area contributed by atoms with Crippen molar-refractivity contribution < 1.29 is 9.90 Å². The van der Waals surface area contributed by atoms with Crippen molar-refractivity contribution in [2.24, 2.45) is 5.92 Å². The normalized spacial score (nSPS) is 20.5. The maximum Gasteiger partial charge on any atom is 0.335 e. The quantitative estimate of drug-likeness (QED) is 0.762. The number of carboxylic acids is 1. The molecule has 0 amide bonds. The molecular weight excluding hydrogens is 300 g/mol. The summed E-state index contributed by atoms with van der Waals surface area (Å²) in [6.07, 6.45) is 10.7. The van der Waals surface area contributed by atoms with Gasteiger partial charge in [0.05, 0.1) is 11.3 Å². The van der Waals surface area contributed by atoms with Gasteiger partial charge in [-0.05, 0) is 43.0 Å². The number of hydrogen-bond acceptors (Lipinski definition) is 3. The van der Waals surface area contributed by atoms with E-state index in [1.54, 1.807) is 12.2 Å². The molecule has 1 aromatic rings. The number of rotatable bonds is 4. The first kappa shape index (κ1) is 16.2. The van der Waals surface area contributed by atoms with Crippen molar-refractivity contribution in [1.29, 1.82) is 5.41 Å². The molecule has 2 aliphatic carbocycles. The average molecular weight is 322 g/mol. The first-order valence-electron chi connectivity index (χ1n) is 8.43. The van der Waals surface area contributed by atoms with Gasteiger partial charge in [0, 0.05) is 17.0 Å². The lowest BCUT2D eigenvalue weighted by Gasteiger charge is -2.28. The van der Waals surface area contributed by atoms with Crippen LogP contribution in [0, 0.1) is 11.3 Å². The maximum atomic E-state index is 11.1. The van der Waals surface area contributed by atoms with Crippen LogP contribution in [0.25, 0.3) is 0 Å². The largest absolute Gasteiger partial charge is 0.478 e. The smallest absolute Gasteiger partial charge is 0.335 e. The number of carboxylic acid groups (broad SMARTS) is 1. The molecule has 24 heavy (non-hydrogen) atoms. The molecule has 4 heteroatoms. The second-order valence-electron chi connectivity index (χ2n) is 6.31. The van der Waals surface area contributed by atoms with Gasteiger partial charge in [0.25, 0.3) is 0 Å². The summed E-state index contributed by atoms with van der Waals surface area (Å²) in [7, 11) is 0. The molecule has 3 N–H and O–H groups in total. The van der Waals surface area contributed by atoms with Gasteiger partial charge in [-0.3, -0.25) is 0 Å². The Morgan fingerprint density at radius 1 is 1.08 bits per heavy atom. The molecule has 1 saturated carbocycles. The van der Waals surface area contributed by atoms with Crippen molar-refractivity contribution in [3.63, 3.8) is 0 Å². The first-order valence-corrected chi connectivity index (χ1v) is 8.43. The third-order valence-electron chi connectivity index (χ3n) is 4.62. The Hall–Kier alpha value is -2.62. The van der Waals surface area contributed by atoms with Crippen LogP contribution in [0.5, 0.6) is 0 Å². The molecule has 0 spiro atoms. The van der Waals surface area contributed by atoms with Crippen molar-refractivity contribution >= 4 is 17.4 Å². The number of para-hydroxylation sites is 1. The number of nitrogens with one attached hydrogen (secondary N) is 2. The monoisotopic (exact) mass is 322 g/mol. The van der Waals surface area contributed by atoms with Gasteiger partial charge < -0.3 is 15.8 Å². The van der Waals surface area contributed by atoms with Crippen molar-refractivity contribution in [3.8, 4) is 0 Å². The number of anilines is 1. The predicted octanol–water partition coefficient (Wildman–Crippen LogP) is 4.53. The van der Waals surface area contributed by atoms with Gasteiger partial charge in [0.15, 0.2) is 0 Å². The van der Waals surface area contributed by atoms with Crippen molar-refractivity contribution in [1.82, 2.24) is 0 Å². The molecule has 0 saturated heterocycles. The molecule has 3 rings (SSSR count). The molecule has 0 unspecified atom stereocenters. The minimum Gasteiger partial charge on any atom is -0.478 e. The topological polar surface area (TPSA) is 73.2 Å². The summed E-state index contributed by atoms with van der Waals surface area (Å²) in [6, 6.07) is 9.96. The highest BCUT2D eigenvalue weighted by Gasteiger charge is 2.23. The Morgan fingerprint density at radius 2 is 1.79 bits per heavy atom. The van der Waals surface area contributed by atoms with E-state index in [1.165, 1.54) is 25.3 Å². The van der Waals surface area contributed by atoms with Gasteiger partial charge in [-0.1, -0.05) is 43.5 Å². The molecular formula is C20H22N2O2. The summed E-state index contributed by atoms with van der Waals surface area (Å²) >= 11 is 0. The Morgan fingerprint density at radius 3 is 2.42 bits per heavy atom. The van der Waals surface area contributed by atoms with Crippen molar-refractivity contribution in [2.75, 3.05) is 5.32 Å². The summed E-state index contributed by atoms with van der Waals surface area (Å²) in [5, 5.41) is 20.9. The van der Waals surface area contributed by atoms with E-state index in [0.29, 0.717) is 5.92 Å². The summed E-state index contributed by atoms with van der Waals surface area (Å²) < 4.78 is 0. The number of benzene rings is 1. The Bertz CT molecular complexity index is 723. The van der Waals surface area contributed by atoms with Crippen molar-refractivity contribution in [2.45, 2.75) is 32.1 Å². The van der Waals surface area contributed by atoms with Gasteiger partial charge in [0.1, 0.15) is 0 Å². The molecule has 1 aromatic carbocycles. The lowest BCUT2D eigenvalue weighted by molar-refractivity contribution is -0.132. The second kappa shape index (κ2) is 7.30. The van der Waals surface area contributed by atoms with Crippen LogP contribution in [-0.2, 0) is 4.79 Å². The van der Waals surface area contributed by atoms with E-state index < -0.39 is 5.97 Å². The van der Waals surface area contributed by atoms with Crippen LogP contribution >= 0.6 is 0 Å². The van der Waals surface area contributed by atoms with E-state index in [1.807, 2.05) is 30.3 Å². The van der Waals surface area contributed by atoms with E-state index in [-0.39, 0.29) is 11.3 Å². The minimum absolute atomic E-state index is 0.159. The minimum atomic E-state index is -0.995. The van der Waals surface area contributed by atoms with Gasteiger partial charge >= 0.3 is 5.97 Å². The van der Waals surface area contributed by atoms with Crippen LogP contribution in [0.2, 0.25) is 0 Å². The van der Waals surface area contributed by atoms with Gasteiger partial charge in [-0.15, -0.1) is 0 Å². The first-order chi connectivity index (χ1) is 11.6. The van der Waals surface area contributed by atoms with Crippen LogP contribution in [0.1, 0.15) is 32.1 Å². The van der Waals surface area contributed by atoms with Gasteiger partial charge in [-0.25, -0.2) is 4.79 Å². The molecule has 0 atom stereocenters. The summed E-state index contributed by atoms with van der Waals surface area (Å²) in [5.74, 6) is -0.607. The zero-order valence-electron chi connectivity index (χ0n) is 13.6. The maximum absolute atomic E-state index is 11.1. The number of aliphatic carboxylic acids is 1. The Labute approximate surface area is 142 Å². The van der Waals surface area contributed by atoms with Crippen LogP contribution in [0.3, 0.4) is 0 Å². The average Bonchev–Trinajstić information content (AvgIpc) is 2.61. The Kier molecular flexibility index (Phi) is 4.94. The van der Waals surface area contributed by atoms with Crippen LogP contribution in [0.15, 0.2) is 65.4 Å². The van der Waals surface area contributed by atoms with Crippen molar-refractivity contribution in [3.05, 3.63) is 65.4 Å². The zero-order valence-corrected chi connectivity index (χ0v) is 13.6. The highest BCUT2D eigenvalue weighted by atomic mass is 16.4. The van der Waals surface area contributed by atoms with E-state index >= 15 is 0 Å². The van der Waals surface area contributed by atoms with E-state index in [4.69, 9.17) is 10.5 Å². The standard InChI is InChI=1S/C20H22N2O2/c21-18-13-15(20(23)24)11-12-17(18)19(14-7-3-1-4-8-14)22-16-9-5-2-6-10-16/h2,5-6,9-14,21-22H,1,3-4,7-8H2,(H,23,24)/b19-17-,21-18?. The number of carbonyl (C=O) groups is 1. The highest BCUT2D eigenvalue weighted by molar-refractivity contribution is 6.14. The van der Waals surface area contributed by atoms with E-state index in [9.17, 15) is 4.79 Å². The molecule has 0 heterocycles. The zero-order chi connectivity index (χ0) is 16.9. The highest BCUT2D eigenvalue weighted by Crippen LogP contribution is 2.33. The summed E-state index contributed by atoms with van der Waals surface area (Å²) in [5.41, 5.74) is 3.27. The predicted molar refractivity (Wildman–Crippen MR) is 96.3 cm³/mol. The summed E-state index contributed by atoms with van der Waals surface area (Å²) in [6.45, 7) is 0. The van der Waals surface area contributed by atoms with E-state index in [2.05, 4.69) is 5.32 Å². The second-order valence-corrected chi connectivity index (χ2v) is 6.31. The molecule has 0 bridgehead atoms. The van der Waals surface area contributed by atoms with Crippen LogP contribution in [0.4, 0.5) is 5.69 Å². The van der Waals surface area contributed by atoms with Gasteiger partial charge in [-0.2, -0.15) is 0 Å². The van der Waals surface area contributed by atoms with Gasteiger partial charge in [0.2, 0.25) is 0 Å². The van der Waals surface area contributed by atoms with Crippen LogP contribution in [-0.4, -0.2) is 16.8 Å². The molecule has 2 aliphatic rings. The molecule has 0 aliphatic heterocycles. The molecule has 0 aromatic heterocycles. The Balaban J connectivity index is 1.96. The third kappa shape index (κ3) is 3.65. The lowest BCUT2D eigenvalue weighted by atomic mass is 9.83. The number of allylic oxidation sites excluding steroid dienone is 4. The third-order valence-corrected chi connectivity index (χ3v) is 4.62. The molecule has 124 valence electrons. The molecule has 4 nitrogen and oxygen atoms in total. The molecule has 1 fully saturated rings. The SMILES string of the molecule is N=C1C=C(C(=O)O)C=C/C1=C(/Nc1ccccc1)C1CCCCC1. The fourth-order valence-electron chi connectivity index (χ4n) is 3.37. The fraction of sp³-hybridized carbons (Fsp3) is 0.300. The summed E-state index contributed by atoms with van der Waals surface area (Å²) in [4.78, 5) is 11.1. The number of hydrogen-bond donors (Lipinski definition) is 3. The van der Waals surface area contributed by atoms with Crippen LogP contribution < -0.4 is 5.32 Å². The molecule has 0 radical (unpaired) electrons.